The molecule has 0 saturated heterocycles. The van der Waals surface area contributed by atoms with Gasteiger partial charge in [-0.05, 0) is 66.7 Å². The van der Waals surface area contributed by atoms with E-state index in [9.17, 15) is 13.2 Å². The van der Waals surface area contributed by atoms with Crippen LogP contribution in [0, 0.1) is 5.92 Å². The number of aromatic nitrogens is 1. The molecule has 3 aromatic rings. The summed E-state index contributed by atoms with van der Waals surface area (Å²) < 4.78 is 32.8. The van der Waals surface area contributed by atoms with Crippen molar-refractivity contribution in [1.82, 2.24) is 10.3 Å². The van der Waals surface area contributed by atoms with Crippen LogP contribution in [-0.4, -0.2) is 31.0 Å². The number of carbonyl (C=O) groups is 1. The molecule has 0 atom stereocenters. The second-order valence-corrected chi connectivity index (χ2v) is 10.1. The van der Waals surface area contributed by atoms with Gasteiger partial charge in [-0.3, -0.25) is 14.8 Å². The van der Waals surface area contributed by atoms with E-state index >= 15 is 0 Å². The van der Waals surface area contributed by atoms with Crippen LogP contribution >= 0.6 is 23.6 Å². The summed E-state index contributed by atoms with van der Waals surface area (Å²) in [7, 11) is -3.74. The van der Waals surface area contributed by atoms with E-state index in [1.807, 2.05) is 0 Å². The van der Waals surface area contributed by atoms with Crippen LogP contribution in [-0.2, 0) is 10.0 Å². The molecular weight excluding hydrogens is 468 g/mol. The SMILES string of the molecule is CC(C)COc1ccc(C(=O)NC(=S)Nc2ccc(S(=O)(=O)Nc3nccs3)cc2)cc1. The van der Waals surface area contributed by atoms with E-state index in [2.05, 4.69) is 34.2 Å². The number of thiocarbonyl (C=S) groups is 1. The Hall–Kier alpha value is -3.02. The minimum atomic E-state index is -3.74. The number of amides is 1. The topological polar surface area (TPSA) is 109 Å². The van der Waals surface area contributed by atoms with Gasteiger partial charge in [0.1, 0.15) is 5.75 Å². The first-order valence-electron chi connectivity index (χ1n) is 9.60. The predicted molar refractivity (Wildman–Crippen MR) is 130 cm³/mol. The number of hydrogen-bond acceptors (Lipinski definition) is 7. The van der Waals surface area contributed by atoms with E-state index in [1.165, 1.54) is 29.7 Å². The number of benzene rings is 2. The molecule has 0 radical (unpaired) electrons. The zero-order chi connectivity index (χ0) is 23.1. The van der Waals surface area contributed by atoms with Crippen molar-refractivity contribution in [3.8, 4) is 5.75 Å². The van der Waals surface area contributed by atoms with Gasteiger partial charge in [-0.15, -0.1) is 11.3 Å². The molecule has 1 aromatic heterocycles. The number of thiazole rings is 1. The van der Waals surface area contributed by atoms with Crippen LogP contribution in [0.1, 0.15) is 24.2 Å². The zero-order valence-corrected chi connectivity index (χ0v) is 19.8. The van der Waals surface area contributed by atoms with Crippen LogP contribution in [0.15, 0.2) is 65.0 Å². The zero-order valence-electron chi connectivity index (χ0n) is 17.4. The third-order valence-electron chi connectivity index (χ3n) is 4.00. The lowest BCUT2D eigenvalue weighted by Gasteiger charge is -2.11. The number of anilines is 2. The summed E-state index contributed by atoms with van der Waals surface area (Å²) in [6.07, 6.45) is 1.51. The fourth-order valence-electron chi connectivity index (χ4n) is 2.47. The molecular formula is C21H22N4O4S3. The third kappa shape index (κ3) is 6.74. The number of sulfonamides is 1. The van der Waals surface area contributed by atoms with Crippen LogP contribution in [0.5, 0.6) is 5.75 Å². The van der Waals surface area contributed by atoms with E-state index < -0.39 is 10.0 Å². The van der Waals surface area contributed by atoms with E-state index in [0.717, 1.165) is 0 Å². The lowest BCUT2D eigenvalue weighted by atomic mass is 10.2. The van der Waals surface area contributed by atoms with Gasteiger partial charge in [0.05, 0.1) is 11.5 Å². The number of nitrogens with zero attached hydrogens (tertiary/aromatic N) is 1. The van der Waals surface area contributed by atoms with Gasteiger partial charge in [0.25, 0.3) is 15.9 Å². The van der Waals surface area contributed by atoms with Crippen LogP contribution in [0.2, 0.25) is 0 Å². The van der Waals surface area contributed by atoms with Crippen molar-refractivity contribution in [3.63, 3.8) is 0 Å². The maximum absolute atomic E-state index is 12.4. The fraction of sp³-hybridized carbons (Fsp3) is 0.190. The molecule has 3 N–H and O–H groups in total. The Balaban J connectivity index is 1.55. The van der Waals surface area contributed by atoms with Crippen LogP contribution in [0.25, 0.3) is 0 Å². The average molecular weight is 491 g/mol. The predicted octanol–water partition coefficient (Wildman–Crippen LogP) is 4.11. The van der Waals surface area contributed by atoms with Crippen LogP contribution < -0.4 is 20.1 Å². The third-order valence-corrected chi connectivity index (χ3v) is 6.38. The molecule has 168 valence electrons. The summed E-state index contributed by atoms with van der Waals surface area (Å²) >= 11 is 6.37. The summed E-state index contributed by atoms with van der Waals surface area (Å²) in [5, 5.41) is 7.51. The lowest BCUT2D eigenvalue weighted by molar-refractivity contribution is 0.0977. The van der Waals surface area contributed by atoms with Crippen molar-refractivity contribution in [1.29, 1.82) is 0 Å². The molecule has 32 heavy (non-hydrogen) atoms. The van der Waals surface area contributed by atoms with Gasteiger partial charge < -0.3 is 10.1 Å². The summed E-state index contributed by atoms with van der Waals surface area (Å²) in [6, 6.07) is 12.7. The van der Waals surface area contributed by atoms with Crippen molar-refractivity contribution in [2.75, 3.05) is 16.6 Å². The molecule has 11 heteroatoms. The molecule has 0 aliphatic heterocycles. The first-order valence-corrected chi connectivity index (χ1v) is 12.4. The Kier molecular flexibility index (Phi) is 7.78. The maximum atomic E-state index is 12.4. The molecule has 0 bridgehead atoms. The lowest BCUT2D eigenvalue weighted by Crippen LogP contribution is -2.34. The van der Waals surface area contributed by atoms with Crippen molar-refractivity contribution in [2.24, 2.45) is 5.92 Å². The van der Waals surface area contributed by atoms with Crippen LogP contribution in [0.3, 0.4) is 0 Å². The Labute approximate surface area is 196 Å². The molecule has 0 aliphatic carbocycles. The second-order valence-electron chi connectivity index (χ2n) is 7.10. The van der Waals surface area contributed by atoms with E-state index in [4.69, 9.17) is 17.0 Å². The quantitative estimate of drug-likeness (QED) is 0.408. The molecule has 0 unspecified atom stereocenters. The molecule has 0 spiro atoms. The number of nitrogens with one attached hydrogen (secondary N) is 3. The van der Waals surface area contributed by atoms with E-state index in [0.29, 0.717) is 29.5 Å². The Bertz CT molecular complexity index is 1160. The smallest absolute Gasteiger partial charge is 0.263 e. The summed E-state index contributed by atoms with van der Waals surface area (Å²) in [4.78, 5) is 16.4. The largest absolute Gasteiger partial charge is 0.493 e. The molecule has 1 heterocycles. The van der Waals surface area contributed by atoms with E-state index in [1.54, 1.807) is 41.8 Å². The van der Waals surface area contributed by atoms with Gasteiger partial charge in [0.2, 0.25) is 0 Å². The number of rotatable bonds is 8. The average Bonchev–Trinajstić information content (AvgIpc) is 3.25. The van der Waals surface area contributed by atoms with E-state index in [-0.39, 0.29) is 21.0 Å². The van der Waals surface area contributed by atoms with Gasteiger partial charge in [-0.2, -0.15) is 0 Å². The minimum absolute atomic E-state index is 0.0768. The monoisotopic (exact) mass is 490 g/mol. The maximum Gasteiger partial charge on any atom is 0.263 e. The summed E-state index contributed by atoms with van der Waals surface area (Å²) in [5.41, 5.74) is 0.960. The summed E-state index contributed by atoms with van der Waals surface area (Å²) in [6.45, 7) is 4.71. The number of ether oxygens (including phenoxy) is 1. The first-order chi connectivity index (χ1) is 15.2. The Morgan fingerprint density at radius 2 is 1.81 bits per heavy atom. The number of hydrogen-bond donors (Lipinski definition) is 3. The highest BCUT2D eigenvalue weighted by Gasteiger charge is 2.15. The highest BCUT2D eigenvalue weighted by Crippen LogP contribution is 2.19. The van der Waals surface area contributed by atoms with Gasteiger partial charge >= 0.3 is 0 Å². The fourth-order valence-corrected chi connectivity index (χ4v) is 4.47. The second kappa shape index (κ2) is 10.5. The molecule has 0 saturated carbocycles. The molecule has 0 aliphatic rings. The molecule has 2 aromatic carbocycles. The standard InChI is InChI=1S/C21H22N4O4S3/c1-14(2)13-29-17-7-3-15(4-8-17)19(26)24-20(30)23-16-5-9-18(10-6-16)32(27,28)25-21-22-11-12-31-21/h3-12,14H,13H2,1-2H3,(H,22,25)(H2,23,24,26,30). The van der Waals surface area contributed by atoms with Gasteiger partial charge in [-0.1, -0.05) is 13.8 Å². The summed E-state index contributed by atoms with van der Waals surface area (Å²) in [5.74, 6) is 0.727. The highest BCUT2D eigenvalue weighted by atomic mass is 32.2. The highest BCUT2D eigenvalue weighted by molar-refractivity contribution is 7.93. The van der Waals surface area contributed by atoms with Crippen molar-refractivity contribution in [2.45, 2.75) is 18.7 Å². The Morgan fingerprint density at radius 3 is 2.41 bits per heavy atom. The Morgan fingerprint density at radius 1 is 1.12 bits per heavy atom. The normalized spacial score (nSPS) is 11.1. The van der Waals surface area contributed by atoms with Crippen molar-refractivity contribution < 1.29 is 17.9 Å². The van der Waals surface area contributed by atoms with Gasteiger partial charge in [0, 0.05) is 22.8 Å². The van der Waals surface area contributed by atoms with Gasteiger partial charge in [-0.25, -0.2) is 13.4 Å². The van der Waals surface area contributed by atoms with Crippen molar-refractivity contribution >= 4 is 55.4 Å². The van der Waals surface area contributed by atoms with Gasteiger partial charge in [0.15, 0.2) is 10.2 Å². The molecule has 0 fully saturated rings. The molecule has 3 rings (SSSR count). The first kappa shape index (κ1) is 23.6. The molecule has 1 amide bonds. The van der Waals surface area contributed by atoms with Crippen molar-refractivity contribution in [3.05, 3.63) is 65.7 Å². The van der Waals surface area contributed by atoms with Crippen LogP contribution in [0.4, 0.5) is 10.8 Å². The number of carbonyl (C=O) groups excluding carboxylic acids is 1. The minimum Gasteiger partial charge on any atom is -0.493 e. The molecule has 8 nitrogen and oxygen atoms in total.